The molecule has 0 spiro atoms. The molecule has 0 aliphatic carbocycles. The molecule has 2 aromatic heterocycles. The van der Waals surface area contributed by atoms with Crippen LogP contribution in [0, 0.1) is 0 Å². The topological polar surface area (TPSA) is 59.1 Å². The van der Waals surface area contributed by atoms with E-state index in [1.807, 2.05) is 18.3 Å². The number of fused-ring (bicyclic) bond motifs is 3. The fourth-order valence-corrected chi connectivity index (χ4v) is 5.48. The van der Waals surface area contributed by atoms with Crippen LogP contribution < -0.4 is 11.2 Å². The van der Waals surface area contributed by atoms with Gasteiger partial charge in [0.1, 0.15) is 11.7 Å². The fourth-order valence-electron chi connectivity index (χ4n) is 5.48. The average Bonchev–Trinajstić information content (AvgIpc) is 3.36. The number of para-hydroxylation sites is 2. The summed E-state index contributed by atoms with van der Waals surface area (Å²) in [5.74, 6) is 0. The Balaban J connectivity index is 1.22. The molecule has 1 unspecified atom stereocenters. The lowest BCUT2D eigenvalue weighted by molar-refractivity contribution is 0.739. The molecule has 0 aliphatic rings. The van der Waals surface area contributed by atoms with E-state index in [-0.39, 0.29) is 0 Å². The predicted molar refractivity (Wildman–Crippen MR) is 165 cm³/mol. The summed E-state index contributed by atoms with van der Waals surface area (Å²) >= 11 is 0. The molecule has 0 fully saturated rings. The lowest BCUT2D eigenvalue weighted by Crippen LogP contribution is -2.17. The third-order valence-electron chi connectivity index (χ3n) is 7.48. The zero-order chi connectivity index (χ0) is 26.9. The monoisotopic (exact) mass is 516 g/mol. The molecule has 7 aromatic rings. The molecule has 3 N–H and O–H groups in total. The first-order valence-electron chi connectivity index (χ1n) is 13.5. The van der Waals surface area contributed by atoms with E-state index in [0.29, 0.717) is 0 Å². The van der Waals surface area contributed by atoms with Crippen molar-refractivity contribution in [3.63, 3.8) is 0 Å². The summed E-state index contributed by atoms with van der Waals surface area (Å²) in [7, 11) is 0. The van der Waals surface area contributed by atoms with Gasteiger partial charge in [0.2, 0.25) is 0 Å². The van der Waals surface area contributed by atoms with Gasteiger partial charge in [-0.2, -0.15) is 0 Å². The number of hydrogen-bond acceptors (Lipinski definition) is 2. The van der Waals surface area contributed by atoms with E-state index in [1.54, 1.807) is 0 Å². The number of benzene rings is 5. The molecule has 2 heterocycles. The summed E-state index contributed by atoms with van der Waals surface area (Å²) in [5, 5.41) is 2.50. The zero-order valence-electron chi connectivity index (χ0n) is 21.9. The van der Waals surface area contributed by atoms with E-state index in [2.05, 4.69) is 137 Å². The molecular formula is C36H28N4. The highest BCUT2D eigenvalue weighted by Gasteiger charge is 2.12. The van der Waals surface area contributed by atoms with Gasteiger partial charge in [-0.1, -0.05) is 103 Å². The van der Waals surface area contributed by atoms with Crippen molar-refractivity contribution in [3.8, 4) is 27.9 Å². The molecule has 0 saturated carbocycles. The Morgan fingerprint density at radius 3 is 1.80 bits per heavy atom. The van der Waals surface area contributed by atoms with Crippen molar-refractivity contribution in [1.82, 2.24) is 9.55 Å². The van der Waals surface area contributed by atoms with Crippen LogP contribution in [0.2, 0.25) is 0 Å². The van der Waals surface area contributed by atoms with Crippen molar-refractivity contribution >= 4 is 21.8 Å². The maximum Gasteiger partial charge on any atom is 0.134 e. The van der Waals surface area contributed by atoms with Gasteiger partial charge in [0.15, 0.2) is 0 Å². The molecule has 0 bridgehead atoms. The van der Waals surface area contributed by atoms with Crippen LogP contribution in [0.25, 0.3) is 49.7 Å². The lowest BCUT2D eigenvalue weighted by Gasteiger charge is -2.12. The van der Waals surface area contributed by atoms with Crippen LogP contribution in [0.4, 0.5) is 0 Å². The number of hydrogen-bond donors (Lipinski definition) is 2. The standard InChI is InChI=1S/C36H28N4/c37-35(39-36-30(13-8-24-38-36)27-18-16-26(17-19-27)25-9-2-1-3-10-25)28-20-22-29(23-21-28)40-33-14-6-4-11-31(33)32-12-5-7-15-34(32)40/h1-24,35H,37H2,(H,38,39). The smallest absolute Gasteiger partial charge is 0.134 e. The quantitative estimate of drug-likeness (QED) is 0.239. The van der Waals surface area contributed by atoms with Gasteiger partial charge in [-0.15, -0.1) is 0 Å². The van der Waals surface area contributed by atoms with Gasteiger partial charge in [0, 0.05) is 28.2 Å². The van der Waals surface area contributed by atoms with Gasteiger partial charge in [0.05, 0.1) is 11.0 Å². The van der Waals surface area contributed by atoms with Gasteiger partial charge >= 0.3 is 0 Å². The molecular weight excluding hydrogens is 488 g/mol. The molecule has 192 valence electrons. The Labute approximate surface area is 232 Å². The van der Waals surface area contributed by atoms with Crippen LogP contribution >= 0.6 is 0 Å². The van der Waals surface area contributed by atoms with E-state index in [4.69, 9.17) is 10.7 Å². The highest BCUT2D eigenvalue weighted by molar-refractivity contribution is 6.09. The van der Waals surface area contributed by atoms with Crippen LogP contribution in [0.5, 0.6) is 0 Å². The molecule has 1 atom stereocenters. The summed E-state index contributed by atoms with van der Waals surface area (Å²) in [6, 6.07) is 48.5. The van der Waals surface area contributed by atoms with Crippen molar-refractivity contribution in [1.29, 1.82) is 0 Å². The molecule has 5 aromatic carbocycles. The Kier molecular flexibility index (Phi) is 6.08. The predicted octanol–water partition coefficient (Wildman–Crippen LogP) is 8.00. The minimum Gasteiger partial charge on any atom is -0.346 e. The van der Waals surface area contributed by atoms with Crippen LogP contribution in [0.1, 0.15) is 11.7 Å². The van der Waals surface area contributed by atoms with Crippen LogP contribution in [0.15, 0.2) is 151 Å². The maximum atomic E-state index is 6.63. The van der Waals surface area contributed by atoms with Crippen molar-refractivity contribution in [2.45, 2.75) is 6.17 Å². The van der Waals surface area contributed by atoms with E-state index in [1.165, 1.54) is 32.9 Å². The number of nitrogens with two attached hydrogens (primary N) is 1. The van der Waals surface area contributed by atoms with E-state index in [0.717, 1.165) is 27.9 Å². The molecule has 0 amide bonds. The average molecular weight is 517 g/mol. The molecule has 4 heteroatoms. The Morgan fingerprint density at radius 2 is 1.12 bits per heavy atom. The van der Waals surface area contributed by atoms with Crippen LogP contribution in [0.3, 0.4) is 0 Å². The van der Waals surface area contributed by atoms with Crippen molar-refractivity contribution < 1.29 is 0 Å². The van der Waals surface area contributed by atoms with E-state index >= 15 is 0 Å². The zero-order valence-corrected chi connectivity index (χ0v) is 21.9. The molecule has 0 saturated heterocycles. The van der Waals surface area contributed by atoms with Crippen molar-refractivity contribution in [3.05, 3.63) is 157 Å². The minimum atomic E-state index is -0.506. The van der Waals surface area contributed by atoms with Gasteiger partial charge in [0.25, 0.3) is 0 Å². The van der Waals surface area contributed by atoms with Gasteiger partial charge < -0.3 is 15.3 Å². The normalized spacial score (nSPS) is 12.7. The summed E-state index contributed by atoms with van der Waals surface area (Å²) in [5.41, 5.74) is 16.3. The Morgan fingerprint density at radius 1 is 0.550 bits per heavy atom. The van der Waals surface area contributed by atoms with Crippen molar-refractivity contribution in [2.24, 2.45) is 10.7 Å². The number of H-pyrrole nitrogens is 1. The first kappa shape index (κ1) is 23.9. The summed E-state index contributed by atoms with van der Waals surface area (Å²) in [4.78, 5) is 8.20. The minimum absolute atomic E-state index is 0.506. The van der Waals surface area contributed by atoms with Gasteiger partial charge in [-0.25, -0.2) is 4.99 Å². The van der Waals surface area contributed by atoms with E-state index < -0.39 is 6.17 Å². The highest BCUT2D eigenvalue weighted by Crippen LogP contribution is 2.32. The molecule has 0 radical (unpaired) electrons. The van der Waals surface area contributed by atoms with Gasteiger partial charge in [-0.3, -0.25) is 0 Å². The number of nitrogens with one attached hydrogen (secondary N) is 1. The Bertz CT molecular complexity index is 1940. The number of aromatic nitrogens is 2. The molecule has 7 rings (SSSR count). The van der Waals surface area contributed by atoms with E-state index in [9.17, 15) is 0 Å². The summed E-state index contributed by atoms with van der Waals surface area (Å²) < 4.78 is 2.30. The third kappa shape index (κ3) is 4.31. The number of nitrogens with zero attached hydrogens (tertiary/aromatic N) is 2. The maximum absolute atomic E-state index is 6.63. The summed E-state index contributed by atoms with van der Waals surface area (Å²) in [6.07, 6.45) is 1.38. The van der Waals surface area contributed by atoms with Crippen LogP contribution in [-0.2, 0) is 0 Å². The second-order valence-corrected chi connectivity index (χ2v) is 9.91. The molecule has 4 nitrogen and oxygen atoms in total. The first-order chi connectivity index (χ1) is 19.8. The van der Waals surface area contributed by atoms with Gasteiger partial charge in [-0.05, 0) is 58.7 Å². The molecule has 0 aliphatic heterocycles. The lowest BCUT2D eigenvalue weighted by atomic mass is 10.0. The van der Waals surface area contributed by atoms with Crippen molar-refractivity contribution in [2.75, 3.05) is 0 Å². The second-order valence-electron chi connectivity index (χ2n) is 9.91. The second kappa shape index (κ2) is 10.2. The SMILES string of the molecule is NC(/N=c1\[nH]cccc1-c1ccc(-c2ccccc2)cc1)c1ccc(-n2c3ccccc3c3ccccc32)cc1. The number of pyridine rings is 1. The largest absolute Gasteiger partial charge is 0.346 e. The Hall–Kier alpha value is -5.19. The highest BCUT2D eigenvalue weighted by atomic mass is 15.0. The fraction of sp³-hybridized carbons (Fsp3) is 0.0278. The number of aromatic amines is 1. The number of rotatable bonds is 5. The first-order valence-corrected chi connectivity index (χ1v) is 13.5. The molecule has 40 heavy (non-hydrogen) atoms. The summed E-state index contributed by atoms with van der Waals surface area (Å²) in [6.45, 7) is 0. The van der Waals surface area contributed by atoms with Crippen LogP contribution in [-0.4, -0.2) is 9.55 Å². The third-order valence-corrected chi connectivity index (χ3v) is 7.48.